The first-order valence-corrected chi connectivity index (χ1v) is 6.97. The van der Waals surface area contributed by atoms with E-state index < -0.39 is 0 Å². The van der Waals surface area contributed by atoms with Gasteiger partial charge in [0.1, 0.15) is 0 Å². The van der Waals surface area contributed by atoms with Crippen LogP contribution in [0.15, 0.2) is 0 Å². The number of hydrogen-bond acceptors (Lipinski definition) is 3. The minimum atomic E-state index is 0.280. The molecule has 15 heavy (non-hydrogen) atoms. The summed E-state index contributed by atoms with van der Waals surface area (Å²) < 4.78 is 0. The van der Waals surface area contributed by atoms with E-state index >= 15 is 0 Å². The Bertz CT molecular complexity index is 230. The number of piperidine rings is 2. The summed E-state index contributed by atoms with van der Waals surface area (Å²) in [5.74, 6) is 1.82. The van der Waals surface area contributed by atoms with Crippen molar-refractivity contribution in [2.24, 2.45) is 11.7 Å². The van der Waals surface area contributed by atoms with E-state index in [1.807, 2.05) is 0 Å². The predicted molar refractivity (Wildman–Crippen MR) is 66.3 cm³/mol. The minimum absolute atomic E-state index is 0.280. The van der Waals surface area contributed by atoms with Crippen LogP contribution in [0.25, 0.3) is 0 Å². The fourth-order valence-corrected chi connectivity index (χ4v) is 3.75. The van der Waals surface area contributed by atoms with Crippen molar-refractivity contribution in [1.29, 1.82) is 5.41 Å². The zero-order valence-electron chi connectivity index (χ0n) is 9.24. The molecule has 2 aliphatic heterocycles. The average molecular weight is 227 g/mol. The molecule has 2 aliphatic rings. The number of hydrogen-bond donors (Lipinski definition) is 2. The molecule has 0 bridgehead atoms. The molecule has 2 fully saturated rings. The molecule has 0 spiro atoms. The molecule has 0 unspecified atom stereocenters. The van der Waals surface area contributed by atoms with Gasteiger partial charge in [-0.2, -0.15) is 0 Å². The summed E-state index contributed by atoms with van der Waals surface area (Å²) in [6.45, 7) is 2.60. The molecule has 0 aliphatic carbocycles. The summed E-state index contributed by atoms with van der Waals surface area (Å²) in [5.41, 5.74) is 5.41. The second kappa shape index (κ2) is 5.21. The molecular formula is C11H21N3S. The SMILES string of the molecule is N=C(N)SC[C@H]1CCCN2CCCC[C@@H]12. The number of thioether (sulfide) groups is 1. The summed E-state index contributed by atoms with van der Waals surface area (Å²) in [5, 5.41) is 7.55. The summed E-state index contributed by atoms with van der Waals surface area (Å²) in [6, 6.07) is 0.791. The van der Waals surface area contributed by atoms with Crippen molar-refractivity contribution in [2.75, 3.05) is 18.8 Å². The van der Waals surface area contributed by atoms with E-state index in [9.17, 15) is 0 Å². The molecule has 0 amide bonds. The van der Waals surface area contributed by atoms with E-state index in [-0.39, 0.29) is 5.17 Å². The lowest BCUT2D eigenvalue weighted by Crippen LogP contribution is -2.48. The molecule has 3 N–H and O–H groups in total. The summed E-state index contributed by atoms with van der Waals surface area (Å²) in [6.07, 6.45) is 6.80. The van der Waals surface area contributed by atoms with Gasteiger partial charge in [0.2, 0.25) is 0 Å². The molecule has 3 nitrogen and oxygen atoms in total. The zero-order chi connectivity index (χ0) is 10.7. The van der Waals surface area contributed by atoms with Crippen LogP contribution in [0.5, 0.6) is 0 Å². The topological polar surface area (TPSA) is 53.1 Å². The Hall–Kier alpha value is -0.220. The highest BCUT2D eigenvalue weighted by atomic mass is 32.2. The highest BCUT2D eigenvalue weighted by molar-refractivity contribution is 8.13. The molecule has 2 atom stereocenters. The lowest BCUT2D eigenvalue weighted by molar-refractivity contribution is 0.0694. The summed E-state index contributed by atoms with van der Waals surface area (Å²) >= 11 is 1.53. The van der Waals surface area contributed by atoms with Crippen LogP contribution in [0.3, 0.4) is 0 Å². The standard InChI is InChI=1S/C11H21N3S/c12-11(13)15-8-9-4-3-7-14-6-2-1-5-10(9)14/h9-10H,1-8H2,(H3,12,13)/t9-,10+/m1/s1. The second-order valence-electron chi connectivity index (χ2n) is 4.68. The Morgan fingerprint density at radius 2 is 2.07 bits per heavy atom. The van der Waals surface area contributed by atoms with Crippen LogP contribution in [0.1, 0.15) is 32.1 Å². The van der Waals surface area contributed by atoms with Gasteiger partial charge in [0.15, 0.2) is 5.17 Å². The molecule has 0 saturated carbocycles. The Labute approximate surface area is 96.3 Å². The number of nitrogens with one attached hydrogen (secondary N) is 1. The largest absolute Gasteiger partial charge is 0.379 e. The fourth-order valence-electron chi connectivity index (χ4n) is 2.97. The number of rotatable bonds is 2. The van der Waals surface area contributed by atoms with Gasteiger partial charge >= 0.3 is 0 Å². The molecular weight excluding hydrogens is 206 g/mol. The number of amidine groups is 1. The van der Waals surface area contributed by atoms with E-state index in [2.05, 4.69) is 4.90 Å². The van der Waals surface area contributed by atoms with Crippen molar-refractivity contribution >= 4 is 16.9 Å². The van der Waals surface area contributed by atoms with E-state index in [0.717, 1.165) is 17.7 Å². The first-order valence-electron chi connectivity index (χ1n) is 5.98. The first-order chi connectivity index (χ1) is 7.27. The maximum atomic E-state index is 7.27. The number of nitrogens with two attached hydrogens (primary N) is 1. The number of fused-ring (bicyclic) bond motifs is 1. The Balaban J connectivity index is 1.88. The van der Waals surface area contributed by atoms with Crippen LogP contribution in [-0.4, -0.2) is 35.0 Å². The quantitative estimate of drug-likeness (QED) is 0.559. The van der Waals surface area contributed by atoms with Crippen LogP contribution in [0.4, 0.5) is 0 Å². The molecule has 4 heteroatoms. The maximum Gasteiger partial charge on any atom is 0.151 e. The van der Waals surface area contributed by atoms with Crippen molar-refractivity contribution in [1.82, 2.24) is 4.90 Å². The van der Waals surface area contributed by atoms with Crippen molar-refractivity contribution in [3.8, 4) is 0 Å². The molecule has 0 aromatic rings. The molecule has 0 radical (unpaired) electrons. The van der Waals surface area contributed by atoms with Gasteiger partial charge in [0, 0.05) is 11.8 Å². The smallest absolute Gasteiger partial charge is 0.151 e. The number of nitrogens with zero attached hydrogens (tertiary/aromatic N) is 1. The third-order valence-electron chi connectivity index (χ3n) is 3.68. The van der Waals surface area contributed by atoms with Gasteiger partial charge in [-0.05, 0) is 44.7 Å². The molecule has 2 heterocycles. The summed E-state index contributed by atoms with van der Waals surface area (Å²) in [4.78, 5) is 2.67. The molecule has 0 aromatic carbocycles. The van der Waals surface area contributed by atoms with Crippen LogP contribution < -0.4 is 5.73 Å². The predicted octanol–water partition coefficient (Wildman–Crippen LogP) is 1.88. The van der Waals surface area contributed by atoms with E-state index in [1.165, 1.54) is 57.0 Å². The van der Waals surface area contributed by atoms with Crippen LogP contribution in [0, 0.1) is 11.3 Å². The molecule has 86 valence electrons. The molecule has 2 saturated heterocycles. The van der Waals surface area contributed by atoms with Crippen molar-refractivity contribution in [3.63, 3.8) is 0 Å². The normalized spacial score (nSPS) is 32.3. The van der Waals surface area contributed by atoms with Gasteiger partial charge in [0.05, 0.1) is 0 Å². The van der Waals surface area contributed by atoms with Crippen LogP contribution in [-0.2, 0) is 0 Å². The van der Waals surface area contributed by atoms with Gasteiger partial charge in [-0.1, -0.05) is 18.2 Å². The molecule has 0 aromatic heterocycles. The first kappa shape index (κ1) is 11.3. The van der Waals surface area contributed by atoms with Gasteiger partial charge in [-0.15, -0.1) is 0 Å². The second-order valence-corrected chi connectivity index (χ2v) is 5.74. The third kappa shape index (κ3) is 2.88. The molecule has 2 rings (SSSR count). The third-order valence-corrected chi connectivity index (χ3v) is 4.59. The van der Waals surface area contributed by atoms with E-state index in [0.29, 0.717) is 0 Å². The van der Waals surface area contributed by atoms with E-state index in [4.69, 9.17) is 11.1 Å². The highest BCUT2D eigenvalue weighted by Gasteiger charge is 2.32. The lowest BCUT2D eigenvalue weighted by Gasteiger charge is -2.44. The lowest BCUT2D eigenvalue weighted by atomic mass is 9.85. The van der Waals surface area contributed by atoms with Gasteiger partial charge < -0.3 is 10.6 Å². The Kier molecular flexibility index (Phi) is 3.92. The van der Waals surface area contributed by atoms with Crippen LogP contribution in [0.2, 0.25) is 0 Å². The highest BCUT2D eigenvalue weighted by Crippen LogP contribution is 2.32. The summed E-state index contributed by atoms with van der Waals surface area (Å²) in [7, 11) is 0. The van der Waals surface area contributed by atoms with Crippen LogP contribution >= 0.6 is 11.8 Å². The minimum Gasteiger partial charge on any atom is -0.379 e. The monoisotopic (exact) mass is 227 g/mol. The fraction of sp³-hybridized carbons (Fsp3) is 0.909. The van der Waals surface area contributed by atoms with Gasteiger partial charge in [-0.3, -0.25) is 5.41 Å². The van der Waals surface area contributed by atoms with E-state index in [1.54, 1.807) is 0 Å². The average Bonchev–Trinajstić information content (AvgIpc) is 2.26. The van der Waals surface area contributed by atoms with Gasteiger partial charge in [0.25, 0.3) is 0 Å². The maximum absolute atomic E-state index is 7.27. The van der Waals surface area contributed by atoms with Crippen molar-refractivity contribution in [3.05, 3.63) is 0 Å². The van der Waals surface area contributed by atoms with Gasteiger partial charge in [-0.25, -0.2) is 0 Å². The zero-order valence-corrected chi connectivity index (χ0v) is 10.1. The Morgan fingerprint density at radius 1 is 1.27 bits per heavy atom. The van der Waals surface area contributed by atoms with Crippen molar-refractivity contribution in [2.45, 2.75) is 38.1 Å². The Morgan fingerprint density at radius 3 is 2.87 bits per heavy atom. The van der Waals surface area contributed by atoms with Crippen molar-refractivity contribution < 1.29 is 0 Å².